The topological polar surface area (TPSA) is 104 Å². The van der Waals surface area contributed by atoms with Gasteiger partial charge >= 0.3 is 0 Å². The smallest absolute Gasteiger partial charge is 0.277 e. The molecule has 1 fully saturated rings. The van der Waals surface area contributed by atoms with E-state index in [9.17, 15) is 9.59 Å². The van der Waals surface area contributed by atoms with Crippen LogP contribution in [0, 0.1) is 13.8 Å². The number of fused-ring (bicyclic) bond motifs is 1. The number of imidazole rings is 1. The number of thiazole rings is 1. The molecule has 2 N–H and O–H groups in total. The monoisotopic (exact) mass is 532 g/mol. The summed E-state index contributed by atoms with van der Waals surface area (Å²) >= 11 is 3.01. The highest BCUT2D eigenvalue weighted by Crippen LogP contribution is 2.32. The maximum atomic E-state index is 13.2. The Bertz CT molecular complexity index is 1430. The van der Waals surface area contributed by atoms with E-state index in [4.69, 9.17) is 0 Å². The fourth-order valence-corrected chi connectivity index (χ4v) is 6.08. The van der Waals surface area contributed by atoms with Crippen molar-refractivity contribution < 1.29 is 9.59 Å². The van der Waals surface area contributed by atoms with Crippen molar-refractivity contribution in [1.29, 1.82) is 0 Å². The van der Waals surface area contributed by atoms with Crippen molar-refractivity contribution in [3.8, 4) is 0 Å². The van der Waals surface area contributed by atoms with Gasteiger partial charge in [0.1, 0.15) is 10.7 Å². The van der Waals surface area contributed by atoms with E-state index in [-0.39, 0.29) is 17.7 Å². The molecule has 0 unspecified atom stereocenters. The lowest BCUT2D eigenvalue weighted by Crippen LogP contribution is -2.38. The zero-order valence-corrected chi connectivity index (χ0v) is 22.4. The molecular formula is C27H28N6O2S2. The first-order valence-electron chi connectivity index (χ1n) is 12.1. The normalized spacial score (nSPS) is 14.2. The maximum Gasteiger partial charge on any atom is 0.277 e. The third-order valence-electron chi connectivity index (χ3n) is 6.55. The van der Waals surface area contributed by atoms with Crippen LogP contribution in [0.2, 0.25) is 0 Å². The first-order chi connectivity index (χ1) is 17.9. The van der Waals surface area contributed by atoms with E-state index >= 15 is 0 Å². The van der Waals surface area contributed by atoms with Gasteiger partial charge in [0.05, 0.1) is 21.6 Å². The summed E-state index contributed by atoms with van der Waals surface area (Å²) in [5.41, 5.74) is 5.04. The van der Waals surface area contributed by atoms with E-state index < -0.39 is 0 Å². The molecule has 8 nitrogen and oxygen atoms in total. The largest absolute Gasteiger partial charge is 0.339 e. The number of hydrogen-bond donors (Lipinski definition) is 2. The molecule has 0 saturated carbocycles. The number of piperidine rings is 1. The average Bonchev–Trinajstić information content (AvgIpc) is 3.55. The summed E-state index contributed by atoms with van der Waals surface area (Å²) in [4.78, 5) is 44.5. The number of benzene rings is 1. The van der Waals surface area contributed by atoms with Gasteiger partial charge in [0, 0.05) is 36.3 Å². The van der Waals surface area contributed by atoms with Gasteiger partial charge in [0.25, 0.3) is 11.8 Å². The average molecular weight is 533 g/mol. The van der Waals surface area contributed by atoms with Crippen LogP contribution in [0.3, 0.4) is 0 Å². The Morgan fingerprint density at radius 1 is 1.24 bits per heavy atom. The summed E-state index contributed by atoms with van der Waals surface area (Å²) in [6, 6.07) is 7.67. The minimum atomic E-state index is -0.288. The third-order valence-corrected chi connectivity index (χ3v) is 8.56. The van der Waals surface area contributed by atoms with E-state index in [0.717, 1.165) is 39.5 Å². The molecule has 10 heteroatoms. The van der Waals surface area contributed by atoms with Gasteiger partial charge in [0.15, 0.2) is 0 Å². The standard InChI is InChI=1S/C27H28N6O2S2/c1-4-12-36-25-19(6-5-9-28-25)26(35)33-10-7-18(8-11-33)24-29-22(15-37-24)23(34)32-27-30-20-13-16(2)17(3)14-21(20)31-27/h4-6,9,13-15,18H,1,7-8,10-12H2,2-3H3,(H2,30,31,32,34). The number of nitrogens with zero attached hydrogens (tertiary/aromatic N) is 4. The zero-order chi connectivity index (χ0) is 25.9. The molecule has 190 valence electrons. The van der Waals surface area contributed by atoms with Gasteiger partial charge in [-0.05, 0) is 62.1 Å². The molecule has 4 aromatic rings. The lowest BCUT2D eigenvalue weighted by molar-refractivity contribution is 0.0708. The number of amides is 2. The number of thioether (sulfide) groups is 1. The van der Waals surface area contributed by atoms with E-state index in [1.807, 2.05) is 36.9 Å². The lowest BCUT2D eigenvalue weighted by atomic mass is 9.97. The molecule has 2 amide bonds. The Morgan fingerprint density at radius 2 is 2.03 bits per heavy atom. The van der Waals surface area contributed by atoms with Crippen LogP contribution in [-0.4, -0.2) is 55.5 Å². The molecule has 0 atom stereocenters. The van der Waals surface area contributed by atoms with Crippen LogP contribution in [-0.2, 0) is 0 Å². The zero-order valence-electron chi connectivity index (χ0n) is 20.8. The Hall–Kier alpha value is -3.50. The van der Waals surface area contributed by atoms with Gasteiger partial charge < -0.3 is 9.88 Å². The van der Waals surface area contributed by atoms with Gasteiger partial charge in [-0.15, -0.1) is 29.7 Å². The van der Waals surface area contributed by atoms with Crippen molar-refractivity contribution in [2.24, 2.45) is 0 Å². The first kappa shape index (κ1) is 25.2. The van der Waals surface area contributed by atoms with E-state index in [1.165, 1.54) is 28.7 Å². The minimum Gasteiger partial charge on any atom is -0.339 e. The molecule has 1 aromatic carbocycles. The summed E-state index contributed by atoms with van der Waals surface area (Å²) in [6.45, 7) is 9.12. The summed E-state index contributed by atoms with van der Waals surface area (Å²) in [5.74, 6) is 1.05. The van der Waals surface area contributed by atoms with Crippen molar-refractivity contribution in [1.82, 2.24) is 24.8 Å². The predicted octanol–water partition coefficient (Wildman–Crippen LogP) is 5.58. The summed E-state index contributed by atoms with van der Waals surface area (Å²) in [6.07, 6.45) is 5.12. The number of hydrogen-bond acceptors (Lipinski definition) is 7. The second-order valence-electron chi connectivity index (χ2n) is 9.09. The van der Waals surface area contributed by atoms with Gasteiger partial charge in [-0.1, -0.05) is 6.08 Å². The SMILES string of the molecule is C=CCSc1ncccc1C(=O)N1CCC(c2nc(C(=O)Nc3nc4cc(C)c(C)cc4[nH]3)cs2)CC1. The number of H-pyrrole nitrogens is 1. The summed E-state index contributed by atoms with van der Waals surface area (Å²) < 4.78 is 0. The van der Waals surface area contributed by atoms with Crippen LogP contribution in [0.25, 0.3) is 11.0 Å². The van der Waals surface area contributed by atoms with Crippen molar-refractivity contribution in [3.63, 3.8) is 0 Å². The minimum absolute atomic E-state index is 0.00791. The Kier molecular flexibility index (Phi) is 7.38. The molecule has 0 spiro atoms. The molecule has 0 radical (unpaired) electrons. The fourth-order valence-electron chi connectivity index (χ4n) is 4.39. The molecule has 1 aliphatic heterocycles. The molecule has 1 saturated heterocycles. The number of likely N-dealkylation sites (tertiary alicyclic amines) is 1. The van der Waals surface area contributed by atoms with Gasteiger partial charge in [-0.25, -0.2) is 15.0 Å². The number of carbonyl (C=O) groups is 2. The molecule has 5 rings (SSSR count). The van der Waals surface area contributed by atoms with E-state index in [1.54, 1.807) is 23.7 Å². The van der Waals surface area contributed by atoms with Gasteiger partial charge in [0.2, 0.25) is 5.95 Å². The molecular weight excluding hydrogens is 504 g/mol. The van der Waals surface area contributed by atoms with Crippen molar-refractivity contribution in [3.05, 3.63) is 75.9 Å². The number of pyridine rings is 1. The van der Waals surface area contributed by atoms with Crippen LogP contribution in [0.4, 0.5) is 5.95 Å². The Balaban J connectivity index is 1.20. The van der Waals surface area contributed by atoms with E-state index in [2.05, 4.69) is 31.8 Å². The quantitative estimate of drug-likeness (QED) is 0.238. The highest BCUT2D eigenvalue weighted by molar-refractivity contribution is 7.99. The van der Waals surface area contributed by atoms with Crippen molar-refractivity contribution >= 4 is 51.9 Å². The second kappa shape index (κ2) is 10.9. The van der Waals surface area contributed by atoms with Gasteiger partial charge in [-0.2, -0.15) is 0 Å². The summed E-state index contributed by atoms with van der Waals surface area (Å²) in [7, 11) is 0. The van der Waals surface area contributed by atoms with Crippen LogP contribution in [0.5, 0.6) is 0 Å². The molecule has 1 aliphatic rings. The second-order valence-corrected chi connectivity index (χ2v) is 11.0. The number of nitrogens with one attached hydrogen (secondary N) is 2. The highest BCUT2D eigenvalue weighted by Gasteiger charge is 2.28. The fraction of sp³-hybridized carbons (Fsp3) is 0.296. The Labute approximate surface area is 223 Å². The first-order valence-corrected chi connectivity index (χ1v) is 14.0. The molecule has 3 aromatic heterocycles. The number of aryl methyl sites for hydroxylation is 2. The molecule has 37 heavy (non-hydrogen) atoms. The molecule has 0 aliphatic carbocycles. The van der Waals surface area contributed by atoms with Crippen molar-refractivity contribution in [2.45, 2.75) is 37.6 Å². The maximum absolute atomic E-state index is 13.2. The van der Waals surface area contributed by atoms with Gasteiger partial charge in [-0.3, -0.25) is 14.9 Å². The van der Waals surface area contributed by atoms with Crippen LogP contribution in [0.15, 0.2) is 53.5 Å². The number of aromatic nitrogens is 4. The summed E-state index contributed by atoms with van der Waals surface area (Å²) in [5, 5.41) is 6.29. The van der Waals surface area contributed by atoms with Crippen molar-refractivity contribution in [2.75, 3.05) is 24.2 Å². The highest BCUT2D eigenvalue weighted by atomic mass is 32.2. The molecule has 4 heterocycles. The van der Waals surface area contributed by atoms with Crippen LogP contribution >= 0.6 is 23.1 Å². The Morgan fingerprint density at radius 3 is 2.81 bits per heavy atom. The third kappa shape index (κ3) is 5.45. The number of rotatable bonds is 7. The lowest BCUT2D eigenvalue weighted by Gasteiger charge is -2.31. The molecule has 0 bridgehead atoms. The van der Waals surface area contributed by atoms with Crippen LogP contribution in [0.1, 0.15) is 55.7 Å². The van der Waals surface area contributed by atoms with E-state index in [0.29, 0.717) is 36.0 Å². The number of anilines is 1. The number of aromatic amines is 1. The number of carbonyl (C=O) groups excluding carboxylic acids is 2. The predicted molar refractivity (Wildman–Crippen MR) is 149 cm³/mol. The van der Waals surface area contributed by atoms with Crippen LogP contribution < -0.4 is 5.32 Å².